The van der Waals surface area contributed by atoms with Gasteiger partial charge in [0.1, 0.15) is 23.8 Å². The first-order valence-electron chi connectivity index (χ1n) is 11.7. The van der Waals surface area contributed by atoms with Gasteiger partial charge in [-0.05, 0) is 106 Å². The van der Waals surface area contributed by atoms with E-state index >= 15 is 0 Å². The van der Waals surface area contributed by atoms with Crippen molar-refractivity contribution < 1.29 is 28.6 Å². The molecule has 2 heterocycles. The second-order valence-corrected chi connectivity index (χ2v) is 9.73. The molecule has 4 rings (SSSR count). The Morgan fingerprint density at radius 1 is 0.973 bits per heavy atom. The van der Waals surface area contributed by atoms with E-state index in [9.17, 15) is 14.4 Å². The number of esters is 1. The van der Waals surface area contributed by atoms with Gasteiger partial charge in [0.2, 0.25) is 0 Å². The minimum Gasteiger partial charge on any atom is -0.497 e. The number of hydrogen-bond donors (Lipinski definition) is 0. The normalized spacial score (nSPS) is 14.5. The van der Waals surface area contributed by atoms with Crippen molar-refractivity contribution in [2.45, 2.75) is 33.8 Å². The van der Waals surface area contributed by atoms with Crippen LogP contribution in [0.15, 0.2) is 59.5 Å². The number of thioether (sulfide) groups is 1. The average Bonchev–Trinajstić information content (AvgIpc) is 3.28. The van der Waals surface area contributed by atoms with E-state index in [1.165, 1.54) is 0 Å². The highest BCUT2D eigenvalue weighted by Gasteiger charge is 2.37. The van der Waals surface area contributed by atoms with Gasteiger partial charge in [0, 0.05) is 17.1 Å². The molecule has 1 aliphatic heterocycles. The van der Waals surface area contributed by atoms with Crippen molar-refractivity contribution in [3.63, 3.8) is 0 Å². The number of carbonyl (C=O) groups is 3. The molecule has 0 aliphatic carbocycles. The molecule has 0 unspecified atom stereocenters. The van der Waals surface area contributed by atoms with Crippen LogP contribution in [0.25, 0.3) is 11.8 Å². The molecule has 1 aromatic heterocycles. The van der Waals surface area contributed by atoms with E-state index in [-0.39, 0.29) is 11.0 Å². The monoisotopic (exact) mass is 520 g/mol. The molecule has 0 saturated carbocycles. The highest BCUT2D eigenvalue weighted by Crippen LogP contribution is 2.34. The quantitative estimate of drug-likeness (QED) is 0.271. The Morgan fingerprint density at radius 3 is 2.16 bits per heavy atom. The lowest BCUT2D eigenvalue weighted by molar-refractivity contribution is -0.149. The molecule has 192 valence electrons. The fourth-order valence-electron chi connectivity index (χ4n) is 3.98. The van der Waals surface area contributed by atoms with Gasteiger partial charge >= 0.3 is 5.97 Å². The zero-order valence-corrected chi connectivity index (χ0v) is 22.1. The van der Waals surface area contributed by atoms with E-state index < -0.39 is 23.7 Å². The van der Waals surface area contributed by atoms with Crippen LogP contribution in [0.3, 0.4) is 0 Å². The van der Waals surface area contributed by atoms with Gasteiger partial charge in [-0.2, -0.15) is 0 Å². The fraction of sp³-hybridized carbons (Fsp3) is 0.250. The third-order valence-corrected chi connectivity index (χ3v) is 6.58. The first-order valence-corrected chi connectivity index (χ1v) is 12.5. The molecule has 1 aliphatic rings. The molecule has 0 bridgehead atoms. The van der Waals surface area contributed by atoms with E-state index in [0.29, 0.717) is 11.5 Å². The molecule has 3 aromatic rings. The molecule has 2 amide bonds. The second-order valence-electron chi connectivity index (χ2n) is 8.74. The van der Waals surface area contributed by atoms with Crippen molar-refractivity contribution in [1.82, 2.24) is 9.47 Å². The van der Waals surface area contributed by atoms with Gasteiger partial charge < -0.3 is 18.8 Å². The van der Waals surface area contributed by atoms with Crippen LogP contribution in [-0.4, -0.2) is 46.3 Å². The molecule has 37 heavy (non-hydrogen) atoms. The summed E-state index contributed by atoms with van der Waals surface area (Å²) < 4.78 is 18.2. The highest BCUT2D eigenvalue weighted by atomic mass is 32.2. The predicted molar refractivity (Wildman–Crippen MR) is 142 cm³/mol. The van der Waals surface area contributed by atoms with Crippen molar-refractivity contribution in [2.24, 2.45) is 0 Å². The molecular formula is C28H28N2O6S. The molecule has 1 fully saturated rings. The summed E-state index contributed by atoms with van der Waals surface area (Å²) >= 11 is 0.819. The van der Waals surface area contributed by atoms with E-state index in [2.05, 4.69) is 4.57 Å². The summed E-state index contributed by atoms with van der Waals surface area (Å²) in [6.45, 7) is 6.94. The summed E-state index contributed by atoms with van der Waals surface area (Å²) in [7, 11) is 1.62. The van der Waals surface area contributed by atoms with E-state index in [1.54, 1.807) is 27.0 Å². The summed E-state index contributed by atoms with van der Waals surface area (Å²) in [5.74, 6) is 1.05. The van der Waals surface area contributed by atoms with Crippen LogP contribution in [0.1, 0.15) is 30.8 Å². The largest absolute Gasteiger partial charge is 0.497 e. The Labute approximate surface area is 219 Å². The van der Waals surface area contributed by atoms with Gasteiger partial charge in [-0.3, -0.25) is 19.3 Å². The Balaban J connectivity index is 1.51. The number of hydrogen-bond acceptors (Lipinski definition) is 7. The SMILES string of the molecule is COc1ccc(Oc2ccc(-n3c(C)cc(/C=C4\SC(=O)N(CC(=O)OC(C)C)C4=O)c3C)cc2)cc1. The number of nitrogens with zero attached hydrogens (tertiary/aromatic N) is 2. The van der Waals surface area contributed by atoms with Crippen LogP contribution < -0.4 is 9.47 Å². The summed E-state index contributed by atoms with van der Waals surface area (Å²) in [5.41, 5.74) is 3.62. The lowest BCUT2D eigenvalue weighted by atomic mass is 10.2. The van der Waals surface area contributed by atoms with Gasteiger partial charge in [0.25, 0.3) is 11.1 Å². The van der Waals surface area contributed by atoms with Crippen LogP contribution in [0, 0.1) is 13.8 Å². The van der Waals surface area contributed by atoms with Gasteiger partial charge in [0.05, 0.1) is 18.1 Å². The van der Waals surface area contributed by atoms with Crippen molar-refractivity contribution >= 4 is 35.0 Å². The number of imide groups is 1. The Morgan fingerprint density at radius 2 is 1.57 bits per heavy atom. The molecule has 8 nitrogen and oxygen atoms in total. The van der Waals surface area contributed by atoms with Crippen molar-refractivity contribution in [2.75, 3.05) is 13.7 Å². The lowest BCUT2D eigenvalue weighted by Crippen LogP contribution is -2.35. The van der Waals surface area contributed by atoms with E-state index in [4.69, 9.17) is 14.2 Å². The second kappa shape index (κ2) is 11.0. The third-order valence-electron chi connectivity index (χ3n) is 5.67. The standard InChI is InChI=1S/C28H28N2O6S/c1-17(2)35-26(31)16-29-27(32)25(37-28(29)33)15-20-14-18(3)30(19(20)4)21-6-8-23(9-7-21)36-24-12-10-22(34-5)11-13-24/h6-15,17H,16H2,1-5H3/b25-15-. The Kier molecular flexibility index (Phi) is 7.73. The zero-order chi connectivity index (χ0) is 26.7. The van der Waals surface area contributed by atoms with Gasteiger partial charge in [-0.25, -0.2) is 0 Å². The van der Waals surface area contributed by atoms with Crippen LogP contribution in [0.2, 0.25) is 0 Å². The summed E-state index contributed by atoms with van der Waals surface area (Å²) in [6, 6.07) is 17.0. The topological polar surface area (TPSA) is 87.1 Å². The number of rotatable bonds is 8. The average molecular weight is 521 g/mol. The number of aryl methyl sites for hydroxylation is 1. The predicted octanol–water partition coefficient (Wildman–Crippen LogP) is 5.88. The maximum atomic E-state index is 12.8. The number of ether oxygens (including phenoxy) is 3. The minimum absolute atomic E-state index is 0.269. The minimum atomic E-state index is -0.615. The van der Waals surface area contributed by atoms with E-state index in [0.717, 1.165) is 45.1 Å². The van der Waals surface area contributed by atoms with Crippen molar-refractivity contribution in [1.29, 1.82) is 0 Å². The molecule has 0 spiro atoms. The molecule has 2 aromatic carbocycles. The fourth-order valence-corrected chi connectivity index (χ4v) is 4.81. The Hall–Kier alpha value is -3.98. The molecule has 0 N–H and O–H groups in total. The third kappa shape index (κ3) is 5.89. The Bertz CT molecular complexity index is 1360. The highest BCUT2D eigenvalue weighted by molar-refractivity contribution is 8.18. The van der Waals surface area contributed by atoms with Crippen molar-refractivity contribution in [3.8, 4) is 22.9 Å². The molecular weight excluding hydrogens is 492 g/mol. The number of methoxy groups -OCH3 is 1. The number of amides is 2. The summed E-state index contributed by atoms with van der Waals surface area (Å²) in [4.78, 5) is 38.3. The smallest absolute Gasteiger partial charge is 0.326 e. The van der Waals surface area contributed by atoms with Crippen LogP contribution >= 0.6 is 11.8 Å². The first-order chi connectivity index (χ1) is 17.7. The summed E-state index contributed by atoms with van der Waals surface area (Å²) in [6.07, 6.45) is 1.37. The number of benzene rings is 2. The number of aromatic nitrogens is 1. The van der Waals surface area contributed by atoms with Crippen LogP contribution in [0.4, 0.5) is 4.79 Å². The van der Waals surface area contributed by atoms with Gasteiger partial charge in [0.15, 0.2) is 0 Å². The molecule has 0 atom stereocenters. The zero-order valence-electron chi connectivity index (χ0n) is 21.3. The molecule has 0 radical (unpaired) electrons. The van der Waals surface area contributed by atoms with Crippen molar-refractivity contribution in [3.05, 3.63) is 76.5 Å². The lowest BCUT2D eigenvalue weighted by Gasteiger charge is -2.13. The van der Waals surface area contributed by atoms with Gasteiger partial charge in [-0.15, -0.1) is 0 Å². The van der Waals surface area contributed by atoms with Crippen LogP contribution in [0.5, 0.6) is 17.2 Å². The van der Waals surface area contributed by atoms with Crippen LogP contribution in [-0.2, 0) is 14.3 Å². The molecule has 1 saturated heterocycles. The summed E-state index contributed by atoms with van der Waals surface area (Å²) in [5, 5.41) is -0.488. The van der Waals surface area contributed by atoms with E-state index in [1.807, 2.05) is 68.4 Å². The first kappa shape index (κ1) is 26.1. The maximum absolute atomic E-state index is 12.8. The number of carbonyl (C=O) groups excluding carboxylic acids is 3. The maximum Gasteiger partial charge on any atom is 0.326 e. The molecule has 9 heteroatoms. The van der Waals surface area contributed by atoms with Gasteiger partial charge in [-0.1, -0.05) is 0 Å².